The van der Waals surface area contributed by atoms with E-state index in [4.69, 9.17) is 4.74 Å². The molecule has 3 nitrogen and oxygen atoms in total. The lowest BCUT2D eigenvalue weighted by Gasteiger charge is -2.17. The SMILES string of the molecule is C=C[C@@H](C)C[C@@H](CCOC)Sc1ncccn1. The van der Waals surface area contributed by atoms with Gasteiger partial charge in [0.05, 0.1) is 0 Å². The van der Waals surface area contributed by atoms with Crippen LogP contribution in [0, 0.1) is 5.92 Å². The molecule has 0 unspecified atom stereocenters. The first kappa shape index (κ1) is 14.2. The Morgan fingerprint density at radius 3 is 2.76 bits per heavy atom. The third-order valence-corrected chi connectivity index (χ3v) is 3.68. The molecule has 0 radical (unpaired) electrons. The van der Waals surface area contributed by atoms with Crippen molar-refractivity contribution in [2.75, 3.05) is 13.7 Å². The van der Waals surface area contributed by atoms with Crippen LogP contribution in [0.5, 0.6) is 0 Å². The van der Waals surface area contributed by atoms with Crippen molar-refractivity contribution in [2.45, 2.75) is 30.2 Å². The molecule has 0 aliphatic heterocycles. The summed E-state index contributed by atoms with van der Waals surface area (Å²) >= 11 is 1.72. The molecule has 0 saturated heterocycles. The van der Waals surface area contributed by atoms with Gasteiger partial charge in [0, 0.05) is 31.4 Å². The number of aromatic nitrogens is 2. The van der Waals surface area contributed by atoms with Gasteiger partial charge in [-0.1, -0.05) is 24.8 Å². The molecule has 0 bridgehead atoms. The van der Waals surface area contributed by atoms with E-state index in [1.54, 1.807) is 31.3 Å². The van der Waals surface area contributed by atoms with E-state index in [2.05, 4.69) is 23.5 Å². The lowest BCUT2D eigenvalue weighted by atomic mass is 10.0. The van der Waals surface area contributed by atoms with Crippen LogP contribution in [0.1, 0.15) is 19.8 Å². The minimum Gasteiger partial charge on any atom is -0.385 e. The van der Waals surface area contributed by atoms with Gasteiger partial charge in [-0.25, -0.2) is 9.97 Å². The van der Waals surface area contributed by atoms with Gasteiger partial charge in [-0.05, 0) is 24.8 Å². The van der Waals surface area contributed by atoms with Crippen LogP contribution in [-0.4, -0.2) is 28.9 Å². The molecular weight excluding hydrogens is 232 g/mol. The second-order valence-corrected chi connectivity index (χ2v) is 5.27. The Morgan fingerprint density at radius 1 is 1.47 bits per heavy atom. The zero-order valence-corrected chi connectivity index (χ0v) is 11.3. The van der Waals surface area contributed by atoms with E-state index in [-0.39, 0.29) is 0 Å². The first-order chi connectivity index (χ1) is 8.26. The highest BCUT2D eigenvalue weighted by molar-refractivity contribution is 7.99. The zero-order valence-electron chi connectivity index (χ0n) is 10.5. The van der Waals surface area contributed by atoms with Gasteiger partial charge < -0.3 is 4.74 Å². The van der Waals surface area contributed by atoms with Gasteiger partial charge in [0.25, 0.3) is 0 Å². The number of thioether (sulfide) groups is 1. The largest absolute Gasteiger partial charge is 0.385 e. The topological polar surface area (TPSA) is 35.0 Å². The number of ether oxygens (including phenoxy) is 1. The quantitative estimate of drug-likeness (QED) is 0.404. The lowest BCUT2D eigenvalue weighted by molar-refractivity contribution is 0.192. The maximum absolute atomic E-state index is 5.15. The Labute approximate surface area is 108 Å². The summed E-state index contributed by atoms with van der Waals surface area (Å²) in [5, 5.41) is 1.32. The first-order valence-corrected chi connectivity index (χ1v) is 6.69. The Hall–Kier alpha value is -0.870. The summed E-state index contributed by atoms with van der Waals surface area (Å²) in [5.41, 5.74) is 0. The molecule has 1 aromatic heterocycles. The highest BCUT2D eigenvalue weighted by atomic mass is 32.2. The fourth-order valence-corrected chi connectivity index (χ4v) is 2.64. The van der Waals surface area contributed by atoms with Gasteiger partial charge >= 0.3 is 0 Å². The molecule has 94 valence electrons. The summed E-state index contributed by atoms with van der Waals surface area (Å²) in [6, 6.07) is 1.83. The number of rotatable bonds is 8. The van der Waals surface area contributed by atoms with Gasteiger partial charge in [0.2, 0.25) is 0 Å². The first-order valence-electron chi connectivity index (χ1n) is 5.81. The molecule has 0 aromatic carbocycles. The number of nitrogens with zero attached hydrogens (tertiary/aromatic N) is 2. The highest BCUT2D eigenvalue weighted by Crippen LogP contribution is 2.27. The second kappa shape index (κ2) is 8.25. The van der Waals surface area contributed by atoms with E-state index in [1.165, 1.54) is 0 Å². The van der Waals surface area contributed by atoms with Crippen LogP contribution in [0.25, 0.3) is 0 Å². The van der Waals surface area contributed by atoms with E-state index >= 15 is 0 Å². The van der Waals surface area contributed by atoms with Gasteiger partial charge in [0.1, 0.15) is 0 Å². The Bertz CT molecular complexity index is 318. The van der Waals surface area contributed by atoms with Crippen LogP contribution in [-0.2, 0) is 4.74 Å². The summed E-state index contributed by atoms with van der Waals surface area (Å²) in [4.78, 5) is 8.49. The number of hydrogen-bond donors (Lipinski definition) is 0. The predicted octanol–water partition coefficient (Wildman–Crippen LogP) is 3.19. The van der Waals surface area contributed by atoms with E-state index in [0.717, 1.165) is 24.6 Å². The van der Waals surface area contributed by atoms with Crippen molar-refractivity contribution in [2.24, 2.45) is 5.92 Å². The molecule has 0 amide bonds. The molecule has 0 fully saturated rings. The van der Waals surface area contributed by atoms with Crippen LogP contribution in [0.2, 0.25) is 0 Å². The predicted molar refractivity (Wildman–Crippen MR) is 72.1 cm³/mol. The minimum absolute atomic E-state index is 0.477. The molecule has 4 heteroatoms. The Balaban J connectivity index is 2.53. The fraction of sp³-hybridized carbons (Fsp3) is 0.538. The third-order valence-electron chi connectivity index (χ3n) is 2.50. The monoisotopic (exact) mass is 252 g/mol. The Morgan fingerprint density at radius 2 is 2.18 bits per heavy atom. The van der Waals surface area contributed by atoms with Crippen molar-refractivity contribution in [3.05, 3.63) is 31.1 Å². The van der Waals surface area contributed by atoms with Crippen molar-refractivity contribution < 1.29 is 4.74 Å². The summed E-state index contributed by atoms with van der Waals surface area (Å²) < 4.78 is 5.15. The minimum atomic E-state index is 0.477. The number of allylic oxidation sites excluding steroid dienone is 1. The van der Waals surface area contributed by atoms with Crippen LogP contribution in [0.4, 0.5) is 0 Å². The molecule has 1 rings (SSSR count). The molecule has 0 spiro atoms. The summed E-state index contributed by atoms with van der Waals surface area (Å²) in [6.45, 7) is 6.78. The summed E-state index contributed by atoms with van der Waals surface area (Å²) in [6.07, 6.45) is 7.64. The average molecular weight is 252 g/mol. The molecule has 0 aliphatic carbocycles. The third kappa shape index (κ3) is 5.84. The standard InChI is InChI=1S/C13H20N2OS/c1-4-11(2)10-12(6-9-16-3)17-13-14-7-5-8-15-13/h4-5,7-8,11-12H,1,6,9-10H2,2-3H3/t11-,12-/m1/s1. The average Bonchev–Trinajstić information content (AvgIpc) is 2.37. The van der Waals surface area contributed by atoms with Crippen LogP contribution >= 0.6 is 11.8 Å². The van der Waals surface area contributed by atoms with Crippen LogP contribution < -0.4 is 0 Å². The van der Waals surface area contributed by atoms with Crippen molar-refractivity contribution in [3.63, 3.8) is 0 Å². The van der Waals surface area contributed by atoms with E-state index in [1.807, 2.05) is 12.1 Å². The van der Waals surface area contributed by atoms with E-state index < -0.39 is 0 Å². The van der Waals surface area contributed by atoms with Crippen molar-refractivity contribution in [3.8, 4) is 0 Å². The molecule has 1 heterocycles. The maximum atomic E-state index is 5.15. The van der Waals surface area contributed by atoms with E-state index in [9.17, 15) is 0 Å². The van der Waals surface area contributed by atoms with Gasteiger partial charge in [0.15, 0.2) is 5.16 Å². The summed E-state index contributed by atoms with van der Waals surface area (Å²) in [5.74, 6) is 0.507. The molecular formula is C13H20N2OS. The van der Waals surface area contributed by atoms with Crippen LogP contribution in [0.15, 0.2) is 36.3 Å². The molecule has 2 atom stereocenters. The van der Waals surface area contributed by atoms with Crippen molar-refractivity contribution in [1.29, 1.82) is 0 Å². The fourth-order valence-electron chi connectivity index (χ4n) is 1.48. The number of methoxy groups -OCH3 is 1. The molecule has 0 saturated carbocycles. The Kier molecular flexibility index (Phi) is 6.89. The zero-order chi connectivity index (χ0) is 12.5. The highest BCUT2D eigenvalue weighted by Gasteiger charge is 2.14. The van der Waals surface area contributed by atoms with Gasteiger partial charge in [-0.2, -0.15) is 0 Å². The van der Waals surface area contributed by atoms with Gasteiger partial charge in [-0.15, -0.1) is 6.58 Å². The molecule has 17 heavy (non-hydrogen) atoms. The molecule has 0 aliphatic rings. The molecule has 1 aromatic rings. The van der Waals surface area contributed by atoms with Crippen LogP contribution in [0.3, 0.4) is 0 Å². The number of hydrogen-bond acceptors (Lipinski definition) is 4. The van der Waals surface area contributed by atoms with Crippen molar-refractivity contribution >= 4 is 11.8 Å². The summed E-state index contributed by atoms with van der Waals surface area (Å²) in [7, 11) is 1.73. The van der Waals surface area contributed by atoms with Crippen molar-refractivity contribution in [1.82, 2.24) is 9.97 Å². The smallest absolute Gasteiger partial charge is 0.187 e. The van der Waals surface area contributed by atoms with E-state index in [0.29, 0.717) is 11.2 Å². The normalized spacial score (nSPS) is 14.2. The molecule has 0 N–H and O–H groups in total. The lowest BCUT2D eigenvalue weighted by Crippen LogP contribution is -2.11. The maximum Gasteiger partial charge on any atom is 0.187 e. The van der Waals surface area contributed by atoms with Gasteiger partial charge in [-0.3, -0.25) is 0 Å². The second-order valence-electron chi connectivity index (χ2n) is 4.00.